The fourth-order valence-corrected chi connectivity index (χ4v) is 1.30. The summed E-state index contributed by atoms with van der Waals surface area (Å²) in [6.45, 7) is 3.41. The first-order chi connectivity index (χ1) is 7.30. The predicted molar refractivity (Wildman–Crippen MR) is 56.2 cm³/mol. The molecule has 1 aromatic heterocycles. The van der Waals surface area contributed by atoms with Gasteiger partial charge in [0, 0.05) is 13.2 Å². The van der Waals surface area contributed by atoms with Crippen molar-refractivity contribution < 1.29 is 9.15 Å². The fourth-order valence-electron chi connectivity index (χ4n) is 1.30. The number of hydrogen-bond donors (Lipinski definition) is 1. The lowest BCUT2D eigenvalue weighted by molar-refractivity contribution is 0.162. The van der Waals surface area contributed by atoms with Gasteiger partial charge >= 0.3 is 0 Å². The number of nitrogens with zero attached hydrogens (tertiary/aromatic N) is 1. The van der Waals surface area contributed by atoms with E-state index in [-0.39, 0.29) is 0 Å². The summed E-state index contributed by atoms with van der Waals surface area (Å²) < 4.78 is 10.3. The summed E-state index contributed by atoms with van der Waals surface area (Å²) in [6, 6.07) is 5.77. The van der Waals surface area contributed by atoms with E-state index in [1.165, 1.54) is 0 Å². The Labute approximate surface area is 89.8 Å². The molecule has 0 fully saturated rings. The van der Waals surface area contributed by atoms with Gasteiger partial charge in [-0.05, 0) is 18.6 Å². The van der Waals surface area contributed by atoms with Crippen molar-refractivity contribution in [3.8, 4) is 6.07 Å². The highest BCUT2D eigenvalue weighted by molar-refractivity contribution is 5.18. The molecule has 0 aliphatic carbocycles. The van der Waals surface area contributed by atoms with E-state index in [1.807, 2.05) is 12.1 Å². The first-order valence-corrected chi connectivity index (χ1v) is 5.01. The average molecular weight is 208 g/mol. The summed E-state index contributed by atoms with van der Waals surface area (Å²) >= 11 is 0. The Morgan fingerprint density at radius 1 is 1.60 bits per heavy atom. The van der Waals surface area contributed by atoms with E-state index < -0.39 is 0 Å². The molecule has 1 rings (SSSR count). The van der Waals surface area contributed by atoms with Crippen LogP contribution in [0.5, 0.6) is 0 Å². The molecule has 82 valence electrons. The third-order valence-electron chi connectivity index (χ3n) is 2.20. The van der Waals surface area contributed by atoms with Gasteiger partial charge in [-0.1, -0.05) is 6.92 Å². The summed E-state index contributed by atoms with van der Waals surface area (Å²) in [5.74, 6) is 1.13. The van der Waals surface area contributed by atoms with Gasteiger partial charge in [-0.25, -0.2) is 0 Å². The maximum Gasteiger partial charge on any atom is 0.203 e. The van der Waals surface area contributed by atoms with E-state index in [1.54, 1.807) is 13.2 Å². The van der Waals surface area contributed by atoms with Crippen LogP contribution in [0, 0.1) is 11.3 Å². The van der Waals surface area contributed by atoms with Crippen molar-refractivity contribution in [2.24, 2.45) is 0 Å². The summed E-state index contributed by atoms with van der Waals surface area (Å²) in [4.78, 5) is 0. The van der Waals surface area contributed by atoms with Crippen molar-refractivity contribution in [2.45, 2.75) is 25.9 Å². The summed E-state index contributed by atoms with van der Waals surface area (Å²) in [7, 11) is 1.69. The van der Waals surface area contributed by atoms with Gasteiger partial charge in [0.05, 0.1) is 13.2 Å². The molecule has 1 N–H and O–H groups in total. The van der Waals surface area contributed by atoms with Crippen LogP contribution in [-0.4, -0.2) is 19.8 Å². The number of nitriles is 1. The summed E-state index contributed by atoms with van der Waals surface area (Å²) in [5, 5.41) is 11.9. The maximum atomic E-state index is 8.57. The minimum atomic E-state index is 0.325. The lowest BCUT2D eigenvalue weighted by Crippen LogP contribution is -2.31. The van der Waals surface area contributed by atoms with Crippen molar-refractivity contribution in [3.05, 3.63) is 23.7 Å². The minimum Gasteiger partial charge on any atom is -0.449 e. The second-order valence-electron chi connectivity index (χ2n) is 3.32. The van der Waals surface area contributed by atoms with Crippen LogP contribution in [0.2, 0.25) is 0 Å². The zero-order valence-corrected chi connectivity index (χ0v) is 9.12. The highest BCUT2D eigenvalue weighted by Crippen LogP contribution is 2.06. The second kappa shape index (κ2) is 6.23. The van der Waals surface area contributed by atoms with Crippen LogP contribution >= 0.6 is 0 Å². The molecular weight excluding hydrogens is 192 g/mol. The molecule has 0 spiro atoms. The Hall–Kier alpha value is -1.31. The molecule has 0 saturated carbocycles. The Morgan fingerprint density at radius 2 is 2.40 bits per heavy atom. The van der Waals surface area contributed by atoms with Gasteiger partial charge in [0.1, 0.15) is 11.8 Å². The topological polar surface area (TPSA) is 58.2 Å². The van der Waals surface area contributed by atoms with E-state index in [0.29, 0.717) is 25.0 Å². The number of nitrogens with one attached hydrogen (secondary N) is 1. The van der Waals surface area contributed by atoms with E-state index in [4.69, 9.17) is 14.4 Å². The molecule has 1 heterocycles. The predicted octanol–water partition coefficient (Wildman–Crippen LogP) is 1.67. The molecule has 0 radical (unpaired) electrons. The van der Waals surface area contributed by atoms with Gasteiger partial charge in [-0.15, -0.1) is 0 Å². The third kappa shape index (κ3) is 3.74. The average Bonchev–Trinajstić information content (AvgIpc) is 2.72. The number of furan rings is 1. The first-order valence-electron chi connectivity index (χ1n) is 5.01. The van der Waals surface area contributed by atoms with Gasteiger partial charge < -0.3 is 14.5 Å². The first kappa shape index (κ1) is 11.8. The molecule has 0 aliphatic rings. The molecule has 0 aliphatic heterocycles. The van der Waals surface area contributed by atoms with Crippen LogP contribution in [0.1, 0.15) is 24.9 Å². The summed E-state index contributed by atoms with van der Waals surface area (Å²) in [5.41, 5.74) is 0. The van der Waals surface area contributed by atoms with Crippen LogP contribution in [-0.2, 0) is 11.3 Å². The summed E-state index contributed by atoms with van der Waals surface area (Å²) in [6.07, 6.45) is 1.000. The largest absolute Gasteiger partial charge is 0.449 e. The van der Waals surface area contributed by atoms with Gasteiger partial charge in [-0.3, -0.25) is 0 Å². The zero-order chi connectivity index (χ0) is 11.1. The molecule has 1 aromatic rings. The molecule has 1 atom stereocenters. The number of methoxy groups -OCH3 is 1. The van der Waals surface area contributed by atoms with Gasteiger partial charge in [0.15, 0.2) is 0 Å². The van der Waals surface area contributed by atoms with Gasteiger partial charge in [0.25, 0.3) is 0 Å². The highest BCUT2D eigenvalue weighted by atomic mass is 16.5. The quantitative estimate of drug-likeness (QED) is 0.772. The van der Waals surface area contributed by atoms with E-state index >= 15 is 0 Å². The van der Waals surface area contributed by atoms with Crippen LogP contribution in [0.25, 0.3) is 0 Å². The molecule has 0 saturated heterocycles. The zero-order valence-electron chi connectivity index (χ0n) is 9.12. The molecule has 0 amide bonds. The molecule has 4 heteroatoms. The van der Waals surface area contributed by atoms with Gasteiger partial charge in [0.2, 0.25) is 5.76 Å². The third-order valence-corrected chi connectivity index (χ3v) is 2.20. The van der Waals surface area contributed by atoms with Crippen LogP contribution in [0.4, 0.5) is 0 Å². The van der Waals surface area contributed by atoms with Crippen molar-refractivity contribution in [1.82, 2.24) is 5.32 Å². The van der Waals surface area contributed by atoms with Crippen LogP contribution < -0.4 is 5.32 Å². The fraction of sp³-hybridized carbons (Fsp3) is 0.545. The second-order valence-corrected chi connectivity index (χ2v) is 3.32. The monoisotopic (exact) mass is 208 g/mol. The van der Waals surface area contributed by atoms with Crippen LogP contribution in [0.3, 0.4) is 0 Å². The molecule has 0 bridgehead atoms. The normalized spacial score (nSPS) is 12.3. The Kier molecular flexibility index (Phi) is 4.88. The van der Waals surface area contributed by atoms with Crippen molar-refractivity contribution in [1.29, 1.82) is 5.26 Å². The standard InChI is InChI=1S/C11H16N2O2/c1-3-9(8-14-2)13-7-11-5-4-10(6-12)15-11/h4-5,9,13H,3,7-8H2,1-2H3. The minimum absolute atomic E-state index is 0.325. The number of ether oxygens (including phenoxy) is 1. The lowest BCUT2D eigenvalue weighted by atomic mass is 10.2. The smallest absolute Gasteiger partial charge is 0.203 e. The SMILES string of the molecule is CCC(COC)NCc1ccc(C#N)o1. The van der Waals surface area contributed by atoms with E-state index in [9.17, 15) is 0 Å². The van der Waals surface area contributed by atoms with Crippen molar-refractivity contribution in [2.75, 3.05) is 13.7 Å². The molecule has 0 aromatic carbocycles. The highest BCUT2D eigenvalue weighted by Gasteiger charge is 2.06. The number of rotatable bonds is 6. The van der Waals surface area contributed by atoms with Gasteiger partial charge in [-0.2, -0.15) is 5.26 Å². The number of hydrogen-bond acceptors (Lipinski definition) is 4. The molecule has 1 unspecified atom stereocenters. The molecule has 4 nitrogen and oxygen atoms in total. The lowest BCUT2D eigenvalue weighted by Gasteiger charge is -2.14. The Balaban J connectivity index is 2.38. The Morgan fingerprint density at radius 3 is 2.93 bits per heavy atom. The van der Waals surface area contributed by atoms with E-state index in [0.717, 1.165) is 12.2 Å². The van der Waals surface area contributed by atoms with Crippen LogP contribution in [0.15, 0.2) is 16.5 Å². The van der Waals surface area contributed by atoms with Crippen molar-refractivity contribution >= 4 is 0 Å². The Bertz CT molecular complexity index is 328. The molecule has 15 heavy (non-hydrogen) atoms. The maximum absolute atomic E-state index is 8.57. The molecular formula is C11H16N2O2. The van der Waals surface area contributed by atoms with E-state index in [2.05, 4.69) is 12.2 Å². The van der Waals surface area contributed by atoms with Crippen molar-refractivity contribution in [3.63, 3.8) is 0 Å².